The van der Waals surface area contributed by atoms with Crippen LogP contribution in [0, 0.1) is 0 Å². The van der Waals surface area contributed by atoms with Crippen molar-refractivity contribution in [1.29, 1.82) is 0 Å². The molecule has 0 aromatic heterocycles. The summed E-state index contributed by atoms with van der Waals surface area (Å²) in [6.45, 7) is 0.493. The minimum absolute atomic E-state index is 0.0218. The topological polar surface area (TPSA) is 29.5 Å². The summed E-state index contributed by atoms with van der Waals surface area (Å²) in [5.41, 5.74) is 1.20. The highest BCUT2D eigenvalue weighted by Crippen LogP contribution is 2.36. The van der Waals surface area contributed by atoms with Gasteiger partial charge in [-0.1, -0.05) is 46.9 Å². The maximum atomic E-state index is 9.33. The van der Waals surface area contributed by atoms with Gasteiger partial charge in [-0.25, -0.2) is 0 Å². The molecular weight excluding hydrogens is 319 g/mol. The van der Waals surface area contributed by atoms with E-state index in [1.165, 1.54) is 17.7 Å². The van der Waals surface area contributed by atoms with Crippen LogP contribution in [-0.2, 0) is 6.42 Å². The molecule has 5 heteroatoms. The van der Waals surface area contributed by atoms with E-state index in [1.807, 2.05) is 24.3 Å². The molecule has 0 saturated heterocycles. The first-order chi connectivity index (χ1) is 9.56. The lowest BCUT2D eigenvalue weighted by Crippen LogP contribution is -2.00. The molecular formula is C15H13Cl3O2. The summed E-state index contributed by atoms with van der Waals surface area (Å²) in [5.74, 6) is 0.427. The molecule has 0 aliphatic heterocycles. The number of hydrogen-bond donors (Lipinski definition) is 1. The van der Waals surface area contributed by atoms with Crippen LogP contribution in [0.3, 0.4) is 0 Å². The zero-order valence-electron chi connectivity index (χ0n) is 10.6. The summed E-state index contributed by atoms with van der Waals surface area (Å²) in [4.78, 5) is 0. The Hall–Kier alpha value is -1.09. The summed E-state index contributed by atoms with van der Waals surface area (Å²) in [6.07, 6.45) is 1.71. The Morgan fingerprint density at radius 2 is 1.55 bits per heavy atom. The molecule has 0 unspecified atom stereocenters. The van der Waals surface area contributed by atoms with Gasteiger partial charge in [0.1, 0.15) is 5.75 Å². The van der Waals surface area contributed by atoms with Crippen molar-refractivity contribution in [1.82, 2.24) is 0 Å². The van der Waals surface area contributed by atoms with E-state index in [0.29, 0.717) is 22.4 Å². The lowest BCUT2D eigenvalue weighted by molar-refractivity contribution is 0.311. The number of phenolic OH excluding ortho intramolecular Hbond substituents is 1. The van der Waals surface area contributed by atoms with Crippen LogP contribution >= 0.6 is 34.8 Å². The predicted octanol–water partition coefficient (Wildman–Crippen LogP) is 5.36. The summed E-state index contributed by atoms with van der Waals surface area (Å²) < 4.78 is 5.57. The van der Waals surface area contributed by atoms with E-state index in [4.69, 9.17) is 39.5 Å². The Morgan fingerprint density at radius 1 is 0.950 bits per heavy atom. The van der Waals surface area contributed by atoms with Gasteiger partial charge in [-0.05, 0) is 30.5 Å². The van der Waals surface area contributed by atoms with Crippen LogP contribution in [0.15, 0.2) is 36.4 Å². The number of rotatable bonds is 5. The SMILES string of the molecule is Oc1cc(Cl)c(OCCCc2ccc(Cl)cc2)c(Cl)c1. The van der Waals surface area contributed by atoms with Crippen molar-refractivity contribution in [2.75, 3.05) is 6.61 Å². The molecule has 1 N–H and O–H groups in total. The number of phenols is 1. The van der Waals surface area contributed by atoms with Gasteiger partial charge in [0, 0.05) is 17.2 Å². The average molecular weight is 332 g/mol. The van der Waals surface area contributed by atoms with E-state index in [2.05, 4.69) is 0 Å². The molecule has 2 aromatic carbocycles. The van der Waals surface area contributed by atoms with Gasteiger partial charge in [0.15, 0.2) is 5.75 Å². The second-order valence-electron chi connectivity index (χ2n) is 4.32. The van der Waals surface area contributed by atoms with E-state index < -0.39 is 0 Å². The van der Waals surface area contributed by atoms with E-state index in [0.717, 1.165) is 17.9 Å². The number of ether oxygens (including phenoxy) is 1. The molecule has 0 spiro atoms. The van der Waals surface area contributed by atoms with Crippen molar-refractivity contribution in [2.45, 2.75) is 12.8 Å². The maximum Gasteiger partial charge on any atom is 0.156 e. The number of aromatic hydroxyl groups is 1. The summed E-state index contributed by atoms with van der Waals surface area (Å²) >= 11 is 17.8. The van der Waals surface area contributed by atoms with Crippen molar-refractivity contribution in [3.05, 3.63) is 57.0 Å². The highest BCUT2D eigenvalue weighted by Gasteiger charge is 2.09. The fraction of sp³-hybridized carbons (Fsp3) is 0.200. The first-order valence-corrected chi connectivity index (χ1v) is 7.25. The van der Waals surface area contributed by atoms with Gasteiger partial charge in [-0.2, -0.15) is 0 Å². The van der Waals surface area contributed by atoms with Gasteiger partial charge in [-0.3, -0.25) is 0 Å². The quantitative estimate of drug-likeness (QED) is 0.747. The highest BCUT2D eigenvalue weighted by molar-refractivity contribution is 6.37. The molecule has 106 valence electrons. The lowest BCUT2D eigenvalue weighted by atomic mass is 10.1. The summed E-state index contributed by atoms with van der Waals surface area (Å²) in [5, 5.41) is 10.7. The molecule has 0 aliphatic rings. The number of benzene rings is 2. The monoisotopic (exact) mass is 330 g/mol. The van der Waals surface area contributed by atoms with E-state index in [-0.39, 0.29) is 5.75 Å². The molecule has 0 heterocycles. The Kier molecular flexibility index (Phi) is 5.41. The van der Waals surface area contributed by atoms with Crippen LogP contribution in [0.25, 0.3) is 0 Å². The molecule has 0 atom stereocenters. The van der Waals surface area contributed by atoms with Gasteiger partial charge in [0.2, 0.25) is 0 Å². The third-order valence-corrected chi connectivity index (χ3v) is 3.57. The first kappa shape index (κ1) is 15.3. The van der Waals surface area contributed by atoms with Crippen molar-refractivity contribution >= 4 is 34.8 Å². The fourth-order valence-electron chi connectivity index (χ4n) is 1.79. The van der Waals surface area contributed by atoms with Gasteiger partial charge in [0.25, 0.3) is 0 Å². The van der Waals surface area contributed by atoms with Crippen LogP contribution in [-0.4, -0.2) is 11.7 Å². The molecule has 20 heavy (non-hydrogen) atoms. The molecule has 0 amide bonds. The normalized spacial score (nSPS) is 10.6. The highest BCUT2D eigenvalue weighted by atomic mass is 35.5. The van der Waals surface area contributed by atoms with Crippen LogP contribution in [0.2, 0.25) is 15.1 Å². The lowest BCUT2D eigenvalue weighted by Gasteiger charge is -2.10. The zero-order valence-corrected chi connectivity index (χ0v) is 12.8. The maximum absolute atomic E-state index is 9.33. The number of aryl methyl sites for hydroxylation is 1. The van der Waals surface area contributed by atoms with Crippen LogP contribution in [0.5, 0.6) is 11.5 Å². The molecule has 0 bridgehead atoms. The smallest absolute Gasteiger partial charge is 0.156 e. The Morgan fingerprint density at radius 3 is 2.15 bits per heavy atom. The van der Waals surface area contributed by atoms with Crippen LogP contribution in [0.4, 0.5) is 0 Å². The Bertz CT molecular complexity index is 559. The molecule has 0 radical (unpaired) electrons. The number of hydrogen-bond acceptors (Lipinski definition) is 2. The summed E-state index contributed by atoms with van der Waals surface area (Å²) in [7, 11) is 0. The standard InChI is InChI=1S/C15H13Cl3O2/c16-11-5-3-10(4-6-11)2-1-7-20-15-13(17)8-12(19)9-14(15)18/h3-6,8-9,19H,1-2,7H2. The summed E-state index contributed by atoms with van der Waals surface area (Å²) in [6, 6.07) is 10.5. The molecule has 0 aliphatic carbocycles. The van der Waals surface area contributed by atoms with Gasteiger partial charge in [0.05, 0.1) is 16.7 Å². The van der Waals surface area contributed by atoms with E-state index in [9.17, 15) is 5.11 Å². The van der Waals surface area contributed by atoms with Crippen molar-refractivity contribution in [3.63, 3.8) is 0 Å². The Balaban J connectivity index is 1.86. The zero-order chi connectivity index (χ0) is 14.5. The van der Waals surface area contributed by atoms with E-state index in [1.54, 1.807) is 0 Å². The predicted molar refractivity (Wildman–Crippen MR) is 83.4 cm³/mol. The molecule has 0 fully saturated rings. The number of halogens is 3. The van der Waals surface area contributed by atoms with Crippen molar-refractivity contribution in [2.24, 2.45) is 0 Å². The van der Waals surface area contributed by atoms with Crippen LogP contribution in [0.1, 0.15) is 12.0 Å². The molecule has 2 nitrogen and oxygen atoms in total. The minimum Gasteiger partial charge on any atom is -0.508 e. The van der Waals surface area contributed by atoms with Crippen molar-refractivity contribution in [3.8, 4) is 11.5 Å². The molecule has 2 aromatic rings. The molecule has 2 rings (SSSR count). The van der Waals surface area contributed by atoms with E-state index >= 15 is 0 Å². The first-order valence-electron chi connectivity index (χ1n) is 6.11. The second kappa shape index (κ2) is 7.07. The van der Waals surface area contributed by atoms with Crippen LogP contribution < -0.4 is 4.74 Å². The van der Waals surface area contributed by atoms with Crippen molar-refractivity contribution < 1.29 is 9.84 Å². The van der Waals surface area contributed by atoms with Gasteiger partial charge >= 0.3 is 0 Å². The fourth-order valence-corrected chi connectivity index (χ4v) is 2.50. The third kappa shape index (κ3) is 4.20. The van der Waals surface area contributed by atoms with Gasteiger partial charge < -0.3 is 9.84 Å². The average Bonchev–Trinajstić information content (AvgIpc) is 2.39. The second-order valence-corrected chi connectivity index (χ2v) is 5.57. The third-order valence-electron chi connectivity index (χ3n) is 2.75. The Labute approximate surface area is 132 Å². The minimum atomic E-state index is 0.0218. The molecule has 0 saturated carbocycles. The van der Waals surface area contributed by atoms with Gasteiger partial charge in [-0.15, -0.1) is 0 Å². The largest absolute Gasteiger partial charge is 0.508 e.